The lowest BCUT2D eigenvalue weighted by Gasteiger charge is -2.34. The minimum absolute atomic E-state index is 0.658. The number of piperidine rings is 1. The zero-order valence-electron chi connectivity index (χ0n) is 8.42. The van der Waals surface area contributed by atoms with Crippen molar-refractivity contribution in [2.75, 3.05) is 19.6 Å². The first kappa shape index (κ1) is 10.0. The van der Waals surface area contributed by atoms with Crippen LogP contribution in [0.15, 0.2) is 0 Å². The summed E-state index contributed by atoms with van der Waals surface area (Å²) in [6.45, 7) is 7.87. The number of nitrogens with zero attached hydrogens (tertiary/aromatic N) is 1. The highest BCUT2D eigenvalue weighted by Gasteiger charge is 2.18. The van der Waals surface area contributed by atoms with Crippen molar-refractivity contribution in [3.63, 3.8) is 0 Å². The van der Waals surface area contributed by atoms with Crippen molar-refractivity contribution in [3.8, 4) is 0 Å². The van der Waals surface area contributed by atoms with Gasteiger partial charge in [0, 0.05) is 12.6 Å². The standard InChI is InChI=1S/C10H22N2/c1-9(7-11)8-12-6-4-3-5-10(12)2/h9-10H,3-8,11H2,1-2H3. The predicted molar refractivity (Wildman–Crippen MR) is 53.1 cm³/mol. The van der Waals surface area contributed by atoms with Gasteiger partial charge in [0.1, 0.15) is 0 Å². The highest BCUT2D eigenvalue weighted by Crippen LogP contribution is 2.17. The Morgan fingerprint density at radius 3 is 2.83 bits per heavy atom. The highest BCUT2D eigenvalue weighted by atomic mass is 15.2. The molecule has 2 unspecified atom stereocenters. The van der Waals surface area contributed by atoms with Crippen molar-refractivity contribution < 1.29 is 0 Å². The largest absolute Gasteiger partial charge is 0.330 e. The van der Waals surface area contributed by atoms with Gasteiger partial charge in [0.15, 0.2) is 0 Å². The molecule has 72 valence electrons. The van der Waals surface area contributed by atoms with Gasteiger partial charge in [-0.25, -0.2) is 0 Å². The van der Waals surface area contributed by atoms with Crippen LogP contribution in [0.1, 0.15) is 33.1 Å². The van der Waals surface area contributed by atoms with Gasteiger partial charge in [-0.15, -0.1) is 0 Å². The summed E-state index contributed by atoms with van der Waals surface area (Å²) < 4.78 is 0. The molecule has 0 aromatic carbocycles. The summed E-state index contributed by atoms with van der Waals surface area (Å²) in [5.74, 6) is 0.658. The average Bonchev–Trinajstić information content (AvgIpc) is 2.09. The molecule has 1 fully saturated rings. The maximum absolute atomic E-state index is 5.61. The summed E-state index contributed by atoms with van der Waals surface area (Å²) in [6.07, 6.45) is 4.16. The Hall–Kier alpha value is -0.0800. The Balaban J connectivity index is 2.28. The molecule has 0 bridgehead atoms. The molecule has 0 aliphatic carbocycles. The van der Waals surface area contributed by atoms with Crippen molar-refractivity contribution in [3.05, 3.63) is 0 Å². The lowest BCUT2D eigenvalue weighted by molar-refractivity contribution is 0.141. The average molecular weight is 170 g/mol. The molecule has 2 atom stereocenters. The Kier molecular flexibility index (Phi) is 4.02. The smallest absolute Gasteiger partial charge is 0.00670 e. The molecule has 1 rings (SSSR count). The molecule has 1 aliphatic heterocycles. The fraction of sp³-hybridized carbons (Fsp3) is 1.00. The molecule has 0 amide bonds. The summed E-state index contributed by atoms with van der Waals surface area (Å²) in [6, 6.07) is 0.785. The summed E-state index contributed by atoms with van der Waals surface area (Å²) in [5, 5.41) is 0. The van der Waals surface area contributed by atoms with Gasteiger partial charge in [-0.05, 0) is 38.8 Å². The van der Waals surface area contributed by atoms with E-state index in [-0.39, 0.29) is 0 Å². The first-order valence-corrected chi connectivity index (χ1v) is 5.18. The molecule has 2 nitrogen and oxygen atoms in total. The maximum Gasteiger partial charge on any atom is 0.00670 e. The SMILES string of the molecule is CC(CN)CN1CCCCC1C. The molecule has 2 N–H and O–H groups in total. The van der Waals surface area contributed by atoms with Crippen molar-refractivity contribution in [1.29, 1.82) is 0 Å². The molecule has 12 heavy (non-hydrogen) atoms. The second-order valence-corrected chi connectivity index (χ2v) is 4.18. The second kappa shape index (κ2) is 4.83. The Labute approximate surface area is 76.1 Å². The predicted octanol–water partition coefficient (Wildman–Crippen LogP) is 1.46. The van der Waals surface area contributed by atoms with Gasteiger partial charge >= 0.3 is 0 Å². The van der Waals surface area contributed by atoms with Crippen LogP contribution in [0.2, 0.25) is 0 Å². The molecule has 0 aromatic heterocycles. The van der Waals surface area contributed by atoms with Gasteiger partial charge in [-0.2, -0.15) is 0 Å². The molecular formula is C10H22N2. The van der Waals surface area contributed by atoms with Gasteiger partial charge in [0.05, 0.1) is 0 Å². The summed E-state index contributed by atoms with van der Waals surface area (Å²) in [7, 11) is 0. The van der Waals surface area contributed by atoms with E-state index in [2.05, 4.69) is 18.7 Å². The third-order valence-electron chi connectivity index (χ3n) is 2.89. The molecule has 1 aliphatic rings. The fourth-order valence-electron chi connectivity index (χ4n) is 1.90. The Morgan fingerprint density at radius 2 is 2.25 bits per heavy atom. The minimum atomic E-state index is 0.658. The van der Waals surface area contributed by atoms with E-state index >= 15 is 0 Å². The van der Waals surface area contributed by atoms with E-state index < -0.39 is 0 Å². The van der Waals surface area contributed by atoms with Crippen LogP contribution in [0.25, 0.3) is 0 Å². The second-order valence-electron chi connectivity index (χ2n) is 4.18. The van der Waals surface area contributed by atoms with E-state index in [1.54, 1.807) is 0 Å². The molecule has 0 aromatic rings. The lowest BCUT2D eigenvalue weighted by Crippen LogP contribution is -2.41. The first-order chi connectivity index (χ1) is 5.74. The number of likely N-dealkylation sites (tertiary alicyclic amines) is 1. The molecule has 0 saturated carbocycles. The van der Waals surface area contributed by atoms with Gasteiger partial charge in [-0.3, -0.25) is 0 Å². The van der Waals surface area contributed by atoms with E-state index in [1.807, 2.05) is 0 Å². The summed E-state index contributed by atoms with van der Waals surface area (Å²) in [5.41, 5.74) is 5.61. The fourth-order valence-corrected chi connectivity index (χ4v) is 1.90. The monoisotopic (exact) mass is 170 g/mol. The number of nitrogens with two attached hydrogens (primary N) is 1. The third-order valence-corrected chi connectivity index (χ3v) is 2.89. The normalized spacial score (nSPS) is 28.8. The van der Waals surface area contributed by atoms with Crippen LogP contribution in [0.4, 0.5) is 0 Å². The van der Waals surface area contributed by atoms with Crippen LogP contribution in [0.3, 0.4) is 0 Å². The van der Waals surface area contributed by atoms with E-state index in [0.717, 1.165) is 12.6 Å². The van der Waals surface area contributed by atoms with Crippen LogP contribution >= 0.6 is 0 Å². The van der Waals surface area contributed by atoms with Crippen molar-refractivity contribution in [2.24, 2.45) is 11.7 Å². The third kappa shape index (κ3) is 2.76. The molecular weight excluding hydrogens is 148 g/mol. The molecule has 1 saturated heterocycles. The van der Waals surface area contributed by atoms with Crippen LogP contribution in [-0.4, -0.2) is 30.6 Å². The van der Waals surface area contributed by atoms with E-state index in [4.69, 9.17) is 5.73 Å². The van der Waals surface area contributed by atoms with Crippen molar-refractivity contribution >= 4 is 0 Å². The van der Waals surface area contributed by atoms with Crippen LogP contribution < -0.4 is 5.73 Å². The topological polar surface area (TPSA) is 29.3 Å². The van der Waals surface area contributed by atoms with Gasteiger partial charge in [0.2, 0.25) is 0 Å². The molecule has 0 radical (unpaired) electrons. The van der Waals surface area contributed by atoms with Gasteiger partial charge < -0.3 is 10.6 Å². The maximum atomic E-state index is 5.61. The lowest BCUT2D eigenvalue weighted by atomic mass is 10.0. The quantitative estimate of drug-likeness (QED) is 0.694. The number of rotatable bonds is 3. The molecule has 1 heterocycles. The van der Waals surface area contributed by atoms with Crippen LogP contribution in [0.5, 0.6) is 0 Å². The Morgan fingerprint density at radius 1 is 1.50 bits per heavy atom. The minimum Gasteiger partial charge on any atom is -0.330 e. The van der Waals surface area contributed by atoms with Crippen LogP contribution in [-0.2, 0) is 0 Å². The van der Waals surface area contributed by atoms with Gasteiger partial charge in [-0.1, -0.05) is 13.3 Å². The van der Waals surface area contributed by atoms with Crippen molar-refractivity contribution in [2.45, 2.75) is 39.2 Å². The van der Waals surface area contributed by atoms with E-state index in [0.29, 0.717) is 5.92 Å². The van der Waals surface area contributed by atoms with Crippen molar-refractivity contribution in [1.82, 2.24) is 4.90 Å². The molecule has 0 spiro atoms. The Bertz CT molecular complexity index is 125. The zero-order chi connectivity index (χ0) is 8.97. The first-order valence-electron chi connectivity index (χ1n) is 5.18. The summed E-state index contributed by atoms with van der Waals surface area (Å²) in [4.78, 5) is 2.58. The number of hydrogen-bond donors (Lipinski definition) is 1. The number of hydrogen-bond acceptors (Lipinski definition) is 2. The van der Waals surface area contributed by atoms with Gasteiger partial charge in [0.25, 0.3) is 0 Å². The van der Waals surface area contributed by atoms with E-state index in [1.165, 1.54) is 32.4 Å². The zero-order valence-corrected chi connectivity index (χ0v) is 8.42. The van der Waals surface area contributed by atoms with E-state index in [9.17, 15) is 0 Å². The van der Waals surface area contributed by atoms with Crippen LogP contribution in [0, 0.1) is 5.92 Å². The molecule has 2 heteroatoms. The summed E-state index contributed by atoms with van der Waals surface area (Å²) >= 11 is 0. The highest BCUT2D eigenvalue weighted by molar-refractivity contribution is 4.74.